The summed E-state index contributed by atoms with van der Waals surface area (Å²) in [5.41, 5.74) is 0. The Morgan fingerprint density at radius 3 is 2.29 bits per heavy atom. The third-order valence-corrected chi connectivity index (χ3v) is 8.14. The third kappa shape index (κ3) is 4.11. The van der Waals surface area contributed by atoms with Crippen LogP contribution in [-0.4, -0.2) is 74.2 Å². The molecule has 0 aliphatic carbocycles. The minimum atomic E-state index is -3.50. The maximum Gasteiger partial charge on any atom is 0.252 e. The lowest BCUT2D eigenvalue weighted by atomic mass is 10.1. The first kappa shape index (κ1) is 18.1. The summed E-state index contributed by atoms with van der Waals surface area (Å²) in [6.07, 6.45) is 3.55. The molecule has 134 valence electrons. The molecule has 1 amide bonds. The van der Waals surface area contributed by atoms with Crippen LogP contribution in [0.5, 0.6) is 0 Å². The van der Waals surface area contributed by atoms with Gasteiger partial charge in [0.2, 0.25) is 5.91 Å². The smallest absolute Gasteiger partial charge is 0.252 e. The molecule has 24 heavy (non-hydrogen) atoms. The molecule has 9 heteroatoms. The van der Waals surface area contributed by atoms with Crippen LogP contribution in [0.15, 0.2) is 16.3 Å². The van der Waals surface area contributed by atoms with Crippen LogP contribution in [0.2, 0.25) is 4.34 Å². The van der Waals surface area contributed by atoms with Gasteiger partial charge in [-0.05, 0) is 38.1 Å². The van der Waals surface area contributed by atoms with Crippen LogP contribution in [0, 0.1) is 0 Å². The van der Waals surface area contributed by atoms with E-state index in [0.29, 0.717) is 37.1 Å². The van der Waals surface area contributed by atoms with E-state index in [1.807, 2.05) is 0 Å². The van der Waals surface area contributed by atoms with Crippen molar-refractivity contribution in [2.24, 2.45) is 0 Å². The number of carbonyl (C=O) groups is 1. The second-order valence-electron chi connectivity index (χ2n) is 6.18. The van der Waals surface area contributed by atoms with E-state index in [9.17, 15) is 13.2 Å². The second-order valence-corrected chi connectivity index (χ2v) is 10.1. The van der Waals surface area contributed by atoms with Gasteiger partial charge in [-0.3, -0.25) is 9.69 Å². The third-order valence-electron chi connectivity index (χ3n) is 4.54. The predicted octanol–water partition coefficient (Wildman–Crippen LogP) is 1.72. The highest BCUT2D eigenvalue weighted by Crippen LogP contribution is 2.28. The highest BCUT2D eigenvalue weighted by atomic mass is 35.5. The minimum Gasteiger partial charge on any atom is -0.339 e. The van der Waals surface area contributed by atoms with Crippen LogP contribution in [0.3, 0.4) is 0 Å². The molecule has 1 aromatic heterocycles. The van der Waals surface area contributed by atoms with E-state index in [2.05, 4.69) is 4.90 Å². The van der Waals surface area contributed by atoms with Crippen molar-refractivity contribution in [3.63, 3.8) is 0 Å². The van der Waals surface area contributed by atoms with E-state index in [-0.39, 0.29) is 10.1 Å². The second kappa shape index (κ2) is 7.70. The van der Waals surface area contributed by atoms with Crippen LogP contribution >= 0.6 is 22.9 Å². The lowest BCUT2D eigenvalue weighted by Crippen LogP contribution is -2.52. The van der Waals surface area contributed by atoms with Gasteiger partial charge in [-0.1, -0.05) is 18.0 Å². The van der Waals surface area contributed by atoms with E-state index in [0.717, 1.165) is 37.3 Å². The summed E-state index contributed by atoms with van der Waals surface area (Å²) < 4.78 is 27.3. The molecule has 0 N–H and O–H groups in total. The zero-order valence-corrected chi connectivity index (χ0v) is 15.9. The van der Waals surface area contributed by atoms with Crippen LogP contribution < -0.4 is 0 Å². The molecule has 2 aliphatic heterocycles. The number of rotatable bonds is 4. The average Bonchev–Trinajstić information content (AvgIpc) is 3.03. The molecule has 0 radical (unpaired) electrons. The number of piperazine rings is 1. The Morgan fingerprint density at radius 1 is 1.04 bits per heavy atom. The largest absolute Gasteiger partial charge is 0.339 e. The van der Waals surface area contributed by atoms with Gasteiger partial charge in [0, 0.05) is 26.2 Å². The molecule has 0 unspecified atom stereocenters. The maximum atomic E-state index is 12.6. The van der Waals surface area contributed by atoms with Gasteiger partial charge in [0.1, 0.15) is 4.21 Å². The van der Waals surface area contributed by atoms with Crippen molar-refractivity contribution in [2.75, 3.05) is 45.8 Å². The number of carbonyl (C=O) groups excluding carboxylic acids is 1. The number of hydrogen-bond donors (Lipinski definition) is 0. The fourth-order valence-corrected chi connectivity index (χ4v) is 6.21. The Kier molecular flexibility index (Phi) is 5.82. The zero-order valence-electron chi connectivity index (χ0n) is 13.5. The summed E-state index contributed by atoms with van der Waals surface area (Å²) in [6, 6.07) is 3.13. The highest BCUT2D eigenvalue weighted by molar-refractivity contribution is 7.91. The molecule has 2 aliphatic rings. The predicted molar refractivity (Wildman–Crippen MR) is 95.0 cm³/mol. The summed E-state index contributed by atoms with van der Waals surface area (Å²) >= 11 is 6.91. The number of sulfonamides is 1. The van der Waals surface area contributed by atoms with Crippen molar-refractivity contribution in [1.82, 2.24) is 14.1 Å². The first-order chi connectivity index (χ1) is 11.5. The van der Waals surface area contributed by atoms with Gasteiger partial charge in [-0.15, -0.1) is 11.3 Å². The van der Waals surface area contributed by atoms with Gasteiger partial charge in [-0.25, -0.2) is 8.42 Å². The molecule has 0 aromatic carbocycles. The fourth-order valence-electron chi connectivity index (χ4n) is 3.15. The van der Waals surface area contributed by atoms with Gasteiger partial charge >= 0.3 is 0 Å². The molecule has 3 rings (SSSR count). The normalized spacial score (nSPS) is 21.1. The molecular formula is C15H22ClN3O3S2. The summed E-state index contributed by atoms with van der Waals surface area (Å²) in [5, 5.41) is 0. The summed E-state index contributed by atoms with van der Waals surface area (Å²) in [4.78, 5) is 16.4. The molecule has 3 heterocycles. The Balaban J connectivity index is 1.54. The monoisotopic (exact) mass is 391 g/mol. The van der Waals surface area contributed by atoms with Crippen molar-refractivity contribution in [1.29, 1.82) is 0 Å². The number of halogens is 1. The SMILES string of the molecule is O=C(CN1CCCCC1)N1CCN(S(=O)(=O)c2ccc(Cl)s2)CC1. The van der Waals surface area contributed by atoms with Gasteiger partial charge in [-0.2, -0.15) is 4.31 Å². The molecule has 0 spiro atoms. The Morgan fingerprint density at radius 2 is 1.71 bits per heavy atom. The van der Waals surface area contributed by atoms with Crippen molar-refractivity contribution < 1.29 is 13.2 Å². The van der Waals surface area contributed by atoms with E-state index in [4.69, 9.17) is 11.6 Å². The molecule has 0 saturated carbocycles. The number of hydrogen-bond acceptors (Lipinski definition) is 5. The average molecular weight is 392 g/mol. The Hall–Kier alpha value is -0.670. The lowest BCUT2D eigenvalue weighted by molar-refractivity contribution is -0.133. The molecular weight excluding hydrogens is 370 g/mol. The molecule has 1 aromatic rings. The van der Waals surface area contributed by atoms with Crippen molar-refractivity contribution in [3.05, 3.63) is 16.5 Å². The first-order valence-electron chi connectivity index (χ1n) is 8.22. The molecule has 0 bridgehead atoms. The summed E-state index contributed by atoms with van der Waals surface area (Å²) in [6.45, 7) is 3.99. The van der Waals surface area contributed by atoms with Crippen molar-refractivity contribution in [3.8, 4) is 0 Å². The van der Waals surface area contributed by atoms with E-state index >= 15 is 0 Å². The standard InChI is InChI=1S/C15H22ClN3O3S2/c16-13-4-5-15(23-13)24(21,22)19-10-8-18(9-11-19)14(20)12-17-6-2-1-3-7-17/h4-5H,1-3,6-12H2. The highest BCUT2D eigenvalue weighted by Gasteiger charge is 2.31. The number of thiophene rings is 1. The van der Waals surface area contributed by atoms with E-state index in [1.165, 1.54) is 16.8 Å². The quantitative estimate of drug-likeness (QED) is 0.784. The van der Waals surface area contributed by atoms with Crippen LogP contribution in [0.1, 0.15) is 19.3 Å². The van der Waals surface area contributed by atoms with Crippen LogP contribution in [0.4, 0.5) is 0 Å². The maximum absolute atomic E-state index is 12.6. The lowest BCUT2D eigenvalue weighted by Gasteiger charge is -2.35. The van der Waals surface area contributed by atoms with Gasteiger partial charge in [0.25, 0.3) is 10.0 Å². The summed E-state index contributed by atoms with van der Waals surface area (Å²) in [7, 11) is -3.50. The van der Waals surface area contributed by atoms with Gasteiger partial charge in [0.05, 0.1) is 10.9 Å². The minimum absolute atomic E-state index is 0.105. The Labute approximate surface area is 152 Å². The zero-order chi connectivity index (χ0) is 17.2. The Bertz CT molecular complexity index is 678. The first-order valence-corrected chi connectivity index (χ1v) is 10.9. The van der Waals surface area contributed by atoms with Crippen molar-refractivity contribution in [2.45, 2.75) is 23.5 Å². The molecule has 2 saturated heterocycles. The molecule has 6 nitrogen and oxygen atoms in total. The van der Waals surface area contributed by atoms with Crippen LogP contribution in [0.25, 0.3) is 0 Å². The van der Waals surface area contributed by atoms with Gasteiger partial charge < -0.3 is 4.90 Å². The molecule has 2 fully saturated rings. The number of nitrogens with zero attached hydrogens (tertiary/aromatic N) is 3. The van der Waals surface area contributed by atoms with Crippen LogP contribution in [-0.2, 0) is 14.8 Å². The van der Waals surface area contributed by atoms with E-state index < -0.39 is 10.0 Å². The number of amides is 1. The van der Waals surface area contributed by atoms with Crippen molar-refractivity contribution >= 4 is 38.9 Å². The fraction of sp³-hybridized carbons (Fsp3) is 0.667. The molecule has 0 atom stereocenters. The number of piperidine rings is 1. The number of likely N-dealkylation sites (tertiary alicyclic amines) is 1. The topological polar surface area (TPSA) is 60.9 Å². The summed E-state index contributed by atoms with van der Waals surface area (Å²) in [5.74, 6) is 0.105. The van der Waals surface area contributed by atoms with Gasteiger partial charge in [0.15, 0.2) is 0 Å². The van der Waals surface area contributed by atoms with E-state index in [1.54, 1.807) is 11.0 Å².